The summed E-state index contributed by atoms with van der Waals surface area (Å²) in [5.74, 6) is 2.64. The fourth-order valence-electron chi connectivity index (χ4n) is 3.19. The van der Waals surface area contributed by atoms with Gasteiger partial charge in [0.1, 0.15) is 0 Å². The first-order chi connectivity index (χ1) is 14.2. The smallest absolute Gasteiger partial charge is 0.162 e. The maximum Gasteiger partial charge on any atom is 0.162 e. The van der Waals surface area contributed by atoms with E-state index in [0.717, 1.165) is 31.6 Å². The molecule has 0 unspecified atom stereocenters. The topological polar surface area (TPSA) is 126 Å². The molecule has 4 aromatic rings. The summed E-state index contributed by atoms with van der Waals surface area (Å²) < 4.78 is 21.7. The molecule has 2 heterocycles. The number of hydrogen-bond donors (Lipinski definition) is 0. The van der Waals surface area contributed by atoms with Crippen molar-refractivity contribution in [2.45, 2.75) is 9.79 Å². The zero-order valence-electron chi connectivity index (χ0n) is 17.6. The van der Waals surface area contributed by atoms with E-state index < -0.39 is 0 Å². The third kappa shape index (κ3) is 4.43. The van der Waals surface area contributed by atoms with Crippen LogP contribution in [-0.4, -0.2) is 49.4 Å². The number of aromatic nitrogens is 2. The molecule has 9 heteroatoms. The first-order valence-electron chi connectivity index (χ1n) is 8.87. The molecule has 8 nitrogen and oxygen atoms in total. The number of hydrogen-bond acceptors (Lipinski definition) is 7. The van der Waals surface area contributed by atoms with Crippen LogP contribution in [0.2, 0.25) is 0 Å². The van der Waals surface area contributed by atoms with Crippen LogP contribution in [0.25, 0.3) is 21.8 Å². The van der Waals surface area contributed by atoms with Crippen molar-refractivity contribution in [3.05, 3.63) is 48.8 Å². The zero-order chi connectivity index (χ0) is 20.4. The van der Waals surface area contributed by atoms with Crippen LogP contribution < -0.4 is 18.9 Å². The van der Waals surface area contributed by atoms with Gasteiger partial charge in [-0.05, 0) is 24.3 Å². The van der Waals surface area contributed by atoms with E-state index in [9.17, 15) is 0 Å². The molecular weight excluding hydrogens is 420 g/mol. The molecule has 4 N–H and O–H groups in total. The van der Waals surface area contributed by atoms with E-state index in [1.165, 1.54) is 0 Å². The normalized spacial score (nSPS) is 10.2. The Hall–Kier alpha value is -3.27. The van der Waals surface area contributed by atoms with Crippen molar-refractivity contribution in [1.82, 2.24) is 9.97 Å². The van der Waals surface area contributed by atoms with Crippen LogP contribution >= 0.6 is 11.8 Å². The maximum atomic E-state index is 5.47. The van der Waals surface area contributed by atoms with E-state index in [4.69, 9.17) is 18.9 Å². The van der Waals surface area contributed by atoms with Crippen molar-refractivity contribution in [1.29, 1.82) is 0 Å². The molecule has 0 bridgehead atoms. The molecular formula is C22H24N2O6S. The highest BCUT2D eigenvalue weighted by Crippen LogP contribution is 2.41. The second-order valence-corrected chi connectivity index (χ2v) is 7.25. The Kier molecular flexibility index (Phi) is 7.87. The number of fused-ring (bicyclic) bond motifs is 2. The Morgan fingerprint density at radius 3 is 1.29 bits per heavy atom. The number of methoxy groups -OCH3 is 4. The Bertz CT molecular complexity index is 1110. The Balaban J connectivity index is 0.00000171. The van der Waals surface area contributed by atoms with Gasteiger partial charge in [0, 0.05) is 45.1 Å². The lowest BCUT2D eigenvalue weighted by molar-refractivity contribution is 0.355. The number of nitrogens with zero attached hydrogens (tertiary/aromatic N) is 2. The highest BCUT2D eigenvalue weighted by atomic mass is 32.2. The fourth-order valence-corrected chi connectivity index (χ4v) is 4.23. The molecule has 164 valence electrons. The van der Waals surface area contributed by atoms with E-state index in [-0.39, 0.29) is 11.0 Å². The number of benzene rings is 2. The van der Waals surface area contributed by atoms with Gasteiger partial charge in [0.2, 0.25) is 0 Å². The zero-order valence-corrected chi connectivity index (χ0v) is 18.4. The van der Waals surface area contributed by atoms with E-state index in [0.29, 0.717) is 23.0 Å². The summed E-state index contributed by atoms with van der Waals surface area (Å²) in [5, 5.41) is 1.97. The van der Waals surface area contributed by atoms with Crippen molar-refractivity contribution in [2.24, 2.45) is 0 Å². The van der Waals surface area contributed by atoms with Gasteiger partial charge in [-0.1, -0.05) is 11.8 Å². The van der Waals surface area contributed by atoms with Gasteiger partial charge in [-0.25, -0.2) is 0 Å². The van der Waals surface area contributed by atoms with Gasteiger partial charge < -0.3 is 29.9 Å². The summed E-state index contributed by atoms with van der Waals surface area (Å²) in [6.07, 6.45) is 3.59. The standard InChI is InChI=1S/C22H20N2O4S.2H2O/c1-25-17-9-13-15(11-19(17)27-3)23-7-5-21(13)29-22-6-8-24-16-12-20(28-4)18(26-2)10-14(16)22;;/h5-12H,1-4H3;2*1H2. The quantitative estimate of drug-likeness (QED) is 0.446. The van der Waals surface area contributed by atoms with Crippen LogP contribution in [0.3, 0.4) is 0 Å². The molecule has 0 saturated carbocycles. The van der Waals surface area contributed by atoms with Gasteiger partial charge >= 0.3 is 0 Å². The Morgan fingerprint density at radius 2 is 0.935 bits per heavy atom. The molecule has 0 saturated heterocycles. The molecule has 0 atom stereocenters. The maximum absolute atomic E-state index is 5.47. The van der Waals surface area contributed by atoms with Gasteiger partial charge in [0.25, 0.3) is 0 Å². The van der Waals surface area contributed by atoms with Crippen LogP contribution in [0.15, 0.2) is 58.6 Å². The predicted octanol–water partition coefficient (Wildman–Crippen LogP) is 3.32. The lowest BCUT2D eigenvalue weighted by atomic mass is 10.2. The molecule has 0 fully saturated rings. The molecule has 0 radical (unpaired) electrons. The number of pyridine rings is 2. The second kappa shape index (κ2) is 10.2. The molecule has 0 aliphatic carbocycles. The Morgan fingerprint density at radius 1 is 0.581 bits per heavy atom. The molecule has 4 rings (SSSR count). The molecule has 0 amide bonds. The van der Waals surface area contributed by atoms with E-state index >= 15 is 0 Å². The van der Waals surface area contributed by atoms with Crippen molar-refractivity contribution in [3.8, 4) is 23.0 Å². The van der Waals surface area contributed by atoms with Crippen LogP contribution in [0.1, 0.15) is 0 Å². The third-order valence-corrected chi connectivity index (χ3v) is 5.79. The third-order valence-electron chi connectivity index (χ3n) is 4.63. The molecule has 31 heavy (non-hydrogen) atoms. The summed E-state index contributed by atoms with van der Waals surface area (Å²) in [4.78, 5) is 11.1. The summed E-state index contributed by atoms with van der Waals surface area (Å²) >= 11 is 1.64. The Labute approximate surface area is 183 Å². The monoisotopic (exact) mass is 444 g/mol. The van der Waals surface area contributed by atoms with E-state index in [2.05, 4.69) is 9.97 Å². The molecule has 0 aliphatic rings. The average Bonchev–Trinajstić information content (AvgIpc) is 2.77. The lowest BCUT2D eigenvalue weighted by Crippen LogP contribution is -1.93. The molecule has 0 aliphatic heterocycles. The molecule has 0 spiro atoms. The van der Waals surface area contributed by atoms with Crippen molar-refractivity contribution in [2.75, 3.05) is 28.4 Å². The van der Waals surface area contributed by atoms with Gasteiger partial charge in [-0.3, -0.25) is 9.97 Å². The number of rotatable bonds is 6. The predicted molar refractivity (Wildman–Crippen MR) is 121 cm³/mol. The van der Waals surface area contributed by atoms with E-state index in [1.54, 1.807) is 52.6 Å². The summed E-state index contributed by atoms with van der Waals surface area (Å²) in [6.45, 7) is 0. The highest BCUT2D eigenvalue weighted by Gasteiger charge is 2.14. The second-order valence-electron chi connectivity index (χ2n) is 6.17. The van der Waals surface area contributed by atoms with Gasteiger partial charge in [-0.2, -0.15) is 0 Å². The lowest BCUT2D eigenvalue weighted by Gasteiger charge is -2.13. The van der Waals surface area contributed by atoms with Crippen LogP contribution in [0.5, 0.6) is 23.0 Å². The van der Waals surface area contributed by atoms with Gasteiger partial charge in [-0.15, -0.1) is 0 Å². The first kappa shape index (κ1) is 24.0. The first-order valence-corrected chi connectivity index (χ1v) is 9.69. The summed E-state index contributed by atoms with van der Waals surface area (Å²) in [5.41, 5.74) is 1.68. The van der Waals surface area contributed by atoms with Gasteiger partial charge in [0.05, 0.1) is 39.5 Å². The summed E-state index contributed by atoms with van der Waals surface area (Å²) in [6, 6.07) is 11.7. The average molecular weight is 445 g/mol. The number of ether oxygens (including phenoxy) is 4. The van der Waals surface area contributed by atoms with Crippen LogP contribution in [0.4, 0.5) is 0 Å². The van der Waals surface area contributed by atoms with Crippen molar-refractivity contribution < 1.29 is 29.9 Å². The van der Waals surface area contributed by atoms with Gasteiger partial charge in [0.15, 0.2) is 23.0 Å². The van der Waals surface area contributed by atoms with Crippen molar-refractivity contribution in [3.63, 3.8) is 0 Å². The van der Waals surface area contributed by atoms with Crippen LogP contribution in [0, 0.1) is 0 Å². The largest absolute Gasteiger partial charge is 0.493 e. The minimum Gasteiger partial charge on any atom is -0.493 e. The van der Waals surface area contributed by atoms with E-state index in [1.807, 2.05) is 36.4 Å². The van der Waals surface area contributed by atoms with Crippen molar-refractivity contribution >= 4 is 33.6 Å². The van der Waals surface area contributed by atoms with Crippen LogP contribution in [-0.2, 0) is 0 Å². The minimum absolute atomic E-state index is 0. The molecule has 2 aromatic heterocycles. The highest BCUT2D eigenvalue weighted by molar-refractivity contribution is 7.99. The molecule has 2 aromatic carbocycles. The minimum atomic E-state index is 0. The fraction of sp³-hybridized carbons (Fsp3) is 0.182. The summed E-state index contributed by atoms with van der Waals surface area (Å²) in [7, 11) is 6.49. The SMILES string of the molecule is COc1cc2nccc(Sc3ccnc4cc(OC)c(OC)cc34)c2cc1OC.O.O.